The molecule has 2 aromatic rings. The minimum Gasteiger partial charge on any atom is -0.398 e. The molecular weight excluding hydrogens is 342 g/mol. The van der Waals surface area contributed by atoms with Crippen LogP contribution in [0.4, 0.5) is 4.39 Å². The zero-order valence-electron chi connectivity index (χ0n) is 16.4. The van der Waals surface area contributed by atoms with Crippen molar-refractivity contribution in [2.24, 2.45) is 5.92 Å². The Labute approximate surface area is 160 Å². The minimum absolute atomic E-state index is 0.434. The van der Waals surface area contributed by atoms with Crippen LogP contribution in [0.25, 0.3) is 17.3 Å². The molecule has 0 bridgehead atoms. The molecule has 0 radical (unpaired) electrons. The van der Waals surface area contributed by atoms with Gasteiger partial charge in [-0.25, -0.2) is 4.39 Å². The molecule has 1 aliphatic heterocycles. The summed E-state index contributed by atoms with van der Waals surface area (Å²) in [5.74, 6) is 0.693. The average Bonchev–Trinajstić information content (AvgIpc) is 3.28. The molecular formula is C21H26BFN2O2. The number of benzene rings is 1. The third-order valence-corrected chi connectivity index (χ3v) is 5.75. The smallest absolute Gasteiger partial charge is 0.398 e. The zero-order chi connectivity index (χ0) is 19.2. The molecule has 1 aromatic heterocycles. The first-order valence-electron chi connectivity index (χ1n) is 9.61. The van der Waals surface area contributed by atoms with E-state index >= 15 is 4.39 Å². The van der Waals surface area contributed by atoms with Gasteiger partial charge in [-0.2, -0.15) is 5.10 Å². The first-order valence-corrected chi connectivity index (χ1v) is 9.61. The summed E-state index contributed by atoms with van der Waals surface area (Å²) in [5, 5.41) is 4.72. The van der Waals surface area contributed by atoms with Crippen molar-refractivity contribution in [1.82, 2.24) is 9.78 Å². The first kappa shape index (κ1) is 18.4. The summed E-state index contributed by atoms with van der Waals surface area (Å²) in [7, 11) is -0.995. The first-order chi connectivity index (χ1) is 12.7. The molecule has 1 aromatic carbocycles. The van der Waals surface area contributed by atoms with E-state index in [0.29, 0.717) is 5.92 Å². The number of halogens is 1. The molecule has 0 spiro atoms. The van der Waals surface area contributed by atoms with Gasteiger partial charge in [0.2, 0.25) is 0 Å². The number of aromatic nitrogens is 2. The maximum absolute atomic E-state index is 15.0. The highest BCUT2D eigenvalue weighted by Gasteiger charge is 2.53. The van der Waals surface area contributed by atoms with E-state index in [-0.39, 0.29) is 0 Å². The van der Waals surface area contributed by atoms with Crippen LogP contribution in [0.3, 0.4) is 0 Å². The Balaban J connectivity index is 1.66. The van der Waals surface area contributed by atoms with E-state index in [0.717, 1.165) is 23.4 Å². The van der Waals surface area contributed by atoms with Crippen molar-refractivity contribution >= 4 is 13.2 Å². The van der Waals surface area contributed by atoms with Crippen molar-refractivity contribution in [3.8, 4) is 11.3 Å². The van der Waals surface area contributed by atoms with Crippen LogP contribution in [0, 0.1) is 5.92 Å². The molecule has 4 nitrogen and oxygen atoms in total. The van der Waals surface area contributed by atoms with Gasteiger partial charge in [0.15, 0.2) is 0 Å². The lowest BCUT2D eigenvalue weighted by molar-refractivity contribution is 0.00578. The fourth-order valence-electron chi connectivity index (χ4n) is 3.19. The fourth-order valence-corrected chi connectivity index (χ4v) is 3.19. The van der Waals surface area contributed by atoms with Crippen molar-refractivity contribution in [1.29, 1.82) is 0 Å². The molecule has 142 valence electrons. The van der Waals surface area contributed by atoms with Gasteiger partial charge in [0.05, 0.1) is 16.9 Å². The highest BCUT2D eigenvalue weighted by molar-refractivity contribution is 6.54. The average molecular weight is 368 g/mol. The predicted molar refractivity (Wildman–Crippen MR) is 106 cm³/mol. The monoisotopic (exact) mass is 368 g/mol. The SMILES string of the molecule is CC1(C)OB(C(F)=Cc2cn(CC3CC3)nc2-c2ccccc2)OC1(C)C. The van der Waals surface area contributed by atoms with Crippen LogP contribution in [-0.2, 0) is 15.9 Å². The quantitative estimate of drug-likeness (QED) is 0.705. The van der Waals surface area contributed by atoms with Gasteiger partial charge in [-0.3, -0.25) is 4.68 Å². The molecule has 27 heavy (non-hydrogen) atoms. The highest BCUT2D eigenvalue weighted by atomic mass is 19.1. The van der Waals surface area contributed by atoms with E-state index in [1.54, 1.807) is 0 Å². The van der Waals surface area contributed by atoms with Gasteiger partial charge < -0.3 is 9.31 Å². The Bertz CT molecular complexity index is 840. The molecule has 0 amide bonds. The van der Waals surface area contributed by atoms with E-state index in [1.807, 2.05) is 68.9 Å². The largest absolute Gasteiger partial charge is 0.525 e. The second-order valence-corrected chi connectivity index (χ2v) is 8.58. The molecule has 0 unspecified atom stereocenters. The van der Waals surface area contributed by atoms with Gasteiger partial charge in [0.25, 0.3) is 0 Å². The molecule has 1 saturated carbocycles. The summed E-state index contributed by atoms with van der Waals surface area (Å²) >= 11 is 0. The van der Waals surface area contributed by atoms with E-state index in [1.165, 1.54) is 18.9 Å². The lowest BCUT2D eigenvalue weighted by Gasteiger charge is -2.32. The van der Waals surface area contributed by atoms with Crippen LogP contribution in [0.1, 0.15) is 46.1 Å². The maximum Gasteiger partial charge on any atom is 0.525 e. The van der Waals surface area contributed by atoms with Crippen LogP contribution in [0.15, 0.2) is 42.3 Å². The molecule has 2 heterocycles. The molecule has 4 rings (SSSR count). The highest BCUT2D eigenvalue weighted by Crippen LogP contribution is 2.39. The summed E-state index contributed by atoms with van der Waals surface area (Å²) in [6.07, 6.45) is 5.91. The van der Waals surface area contributed by atoms with Gasteiger partial charge in [-0.05, 0) is 52.5 Å². The fraction of sp³-hybridized carbons (Fsp3) is 0.476. The Morgan fingerprint density at radius 3 is 2.41 bits per heavy atom. The number of nitrogens with zero attached hydrogens (tertiary/aromatic N) is 2. The molecule has 1 saturated heterocycles. The normalized spacial score (nSPS) is 21.7. The van der Waals surface area contributed by atoms with E-state index in [4.69, 9.17) is 14.4 Å². The van der Waals surface area contributed by atoms with Gasteiger partial charge in [0.1, 0.15) is 5.73 Å². The molecule has 0 atom stereocenters. The lowest BCUT2D eigenvalue weighted by atomic mass is 9.86. The predicted octanol–water partition coefficient (Wildman–Crippen LogP) is 4.90. The summed E-state index contributed by atoms with van der Waals surface area (Å²) in [5.41, 5.74) is 0.927. The van der Waals surface area contributed by atoms with Crippen LogP contribution < -0.4 is 0 Å². The second-order valence-electron chi connectivity index (χ2n) is 8.58. The number of hydrogen-bond acceptors (Lipinski definition) is 3. The summed E-state index contributed by atoms with van der Waals surface area (Å²) in [4.78, 5) is 0. The molecule has 2 aliphatic rings. The van der Waals surface area contributed by atoms with Crippen molar-refractivity contribution in [3.63, 3.8) is 0 Å². The standard InChI is InChI=1S/C21H26BFN2O2/c1-20(2)21(3,4)27-22(26-20)18(23)12-17-14-25(13-15-10-11-15)24-19(17)16-8-6-5-7-9-16/h5-9,12,14-15H,10-11,13H2,1-4H3. The third-order valence-electron chi connectivity index (χ3n) is 5.75. The van der Waals surface area contributed by atoms with Gasteiger partial charge in [0, 0.05) is 23.9 Å². The Morgan fingerprint density at radius 1 is 1.19 bits per heavy atom. The van der Waals surface area contributed by atoms with Crippen molar-refractivity contribution in [2.75, 3.05) is 0 Å². The zero-order valence-corrected chi connectivity index (χ0v) is 16.4. The lowest BCUT2D eigenvalue weighted by Crippen LogP contribution is -2.41. The number of rotatable bonds is 5. The summed E-state index contributed by atoms with van der Waals surface area (Å²) < 4.78 is 28.6. The summed E-state index contributed by atoms with van der Waals surface area (Å²) in [6.45, 7) is 8.56. The van der Waals surface area contributed by atoms with Gasteiger partial charge in [-0.15, -0.1) is 0 Å². The molecule has 0 N–H and O–H groups in total. The Morgan fingerprint density at radius 2 is 1.81 bits per heavy atom. The van der Waals surface area contributed by atoms with Crippen molar-refractivity contribution < 1.29 is 13.7 Å². The van der Waals surface area contributed by atoms with E-state index in [2.05, 4.69) is 0 Å². The van der Waals surface area contributed by atoms with Crippen molar-refractivity contribution in [2.45, 2.75) is 58.3 Å². The Hall–Kier alpha value is -1.92. The van der Waals surface area contributed by atoms with E-state index in [9.17, 15) is 0 Å². The van der Waals surface area contributed by atoms with Gasteiger partial charge in [-0.1, -0.05) is 30.3 Å². The van der Waals surface area contributed by atoms with Crippen LogP contribution in [-0.4, -0.2) is 28.1 Å². The minimum atomic E-state index is -0.995. The topological polar surface area (TPSA) is 36.3 Å². The van der Waals surface area contributed by atoms with Crippen molar-refractivity contribution in [3.05, 3.63) is 47.8 Å². The maximum atomic E-state index is 15.0. The van der Waals surface area contributed by atoms with Crippen LogP contribution >= 0.6 is 0 Å². The molecule has 2 fully saturated rings. The van der Waals surface area contributed by atoms with Crippen LogP contribution in [0.5, 0.6) is 0 Å². The number of hydrogen-bond donors (Lipinski definition) is 0. The third kappa shape index (κ3) is 3.73. The van der Waals surface area contributed by atoms with Gasteiger partial charge >= 0.3 is 7.12 Å². The Kier molecular flexibility index (Phi) is 4.51. The summed E-state index contributed by atoms with van der Waals surface area (Å²) in [6, 6.07) is 9.88. The molecule has 6 heteroatoms. The van der Waals surface area contributed by atoms with Crippen LogP contribution in [0.2, 0.25) is 0 Å². The molecule has 1 aliphatic carbocycles. The van der Waals surface area contributed by atoms with E-state index < -0.39 is 24.0 Å². The second kappa shape index (κ2) is 6.60.